The van der Waals surface area contributed by atoms with E-state index in [1.165, 1.54) is 12.8 Å². The molecule has 1 aliphatic rings. The molecule has 1 aromatic rings. The molecule has 1 fully saturated rings. The predicted octanol–water partition coefficient (Wildman–Crippen LogP) is 3.48. The molecule has 1 aromatic carbocycles. The molecule has 94 valence electrons. The van der Waals surface area contributed by atoms with Gasteiger partial charge in [0.15, 0.2) is 0 Å². The van der Waals surface area contributed by atoms with Gasteiger partial charge >= 0.3 is 0 Å². The second-order valence-electron chi connectivity index (χ2n) is 4.98. The van der Waals surface area contributed by atoms with E-state index < -0.39 is 0 Å². The van der Waals surface area contributed by atoms with Gasteiger partial charge in [-0.05, 0) is 56.9 Å². The lowest BCUT2D eigenvalue weighted by Crippen LogP contribution is -2.30. The summed E-state index contributed by atoms with van der Waals surface area (Å²) in [4.78, 5) is 0. The zero-order valence-electron chi connectivity index (χ0n) is 10.7. The molecule has 0 aliphatic heterocycles. The summed E-state index contributed by atoms with van der Waals surface area (Å²) >= 11 is 6.00. The fourth-order valence-electron chi connectivity index (χ4n) is 1.95. The summed E-state index contributed by atoms with van der Waals surface area (Å²) in [6, 6.07) is 4.63. The largest absolute Gasteiger partial charge is 0.489 e. The van der Waals surface area contributed by atoms with E-state index in [0.29, 0.717) is 0 Å². The third kappa shape index (κ3) is 3.62. The third-order valence-corrected chi connectivity index (χ3v) is 3.23. The lowest BCUT2D eigenvalue weighted by molar-refractivity contribution is 0.214. The van der Waals surface area contributed by atoms with E-state index in [1.54, 1.807) is 0 Å². The van der Waals surface area contributed by atoms with Crippen molar-refractivity contribution in [1.82, 2.24) is 5.32 Å². The van der Waals surface area contributed by atoms with Gasteiger partial charge in [-0.2, -0.15) is 0 Å². The Morgan fingerprint density at radius 3 is 2.47 bits per heavy atom. The van der Waals surface area contributed by atoms with Crippen molar-refractivity contribution in [3.05, 3.63) is 28.3 Å². The molecule has 1 atom stereocenters. The lowest BCUT2D eigenvalue weighted by atomic mass is 10.1. The van der Waals surface area contributed by atoms with Gasteiger partial charge in [-0.3, -0.25) is 0 Å². The fraction of sp³-hybridized carbons (Fsp3) is 0.571. The molecule has 1 N–H and O–H groups in total. The number of hydrogen-bond acceptors (Lipinski definition) is 2. The Morgan fingerprint density at radius 1 is 1.35 bits per heavy atom. The zero-order chi connectivity index (χ0) is 12.4. The van der Waals surface area contributed by atoms with Gasteiger partial charge in [-0.15, -0.1) is 0 Å². The maximum absolute atomic E-state index is 6.00. The SMILES string of the molecule is Cc1cc(Cl)cc(C)c1OC(C)CNC1CC1. The maximum Gasteiger partial charge on any atom is 0.125 e. The highest BCUT2D eigenvalue weighted by atomic mass is 35.5. The van der Waals surface area contributed by atoms with E-state index in [9.17, 15) is 0 Å². The van der Waals surface area contributed by atoms with Crippen molar-refractivity contribution in [2.75, 3.05) is 6.54 Å². The van der Waals surface area contributed by atoms with Crippen molar-refractivity contribution >= 4 is 11.6 Å². The van der Waals surface area contributed by atoms with Gasteiger partial charge in [0.25, 0.3) is 0 Å². The molecule has 0 heterocycles. The van der Waals surface area contributed by atoms with Gasteiger partial charge in [0.1, 0.15) is 11.9 Å². The molecule has 0 bridgehead atoms. The van der Waals surface area contributed by atoms with Crippen molar-refractivity contribution in [2.24, 2.45) is 0 Å². The predicted molar refractivity (Wildman–Crippen MR) is 72.0 cm³/mol. The average molecular weight is 254 g/mol. The Hall–Kier alpha value is -0.730. The third-order valence-electron chi connectivity index (χ3n) is 3.02. The van der Waals surface area contributed by atoms with E-state index in [1.807, 2.05) is 26.0 Å². The van der Waals surface area contributed by atoms with Crippen molar-refractivity contribution in [1.29, 1.82) is 0 Å². The van der Waals surface area contributed by atoms with Crippen LogP contribution in [0.3, 0.4) is 0 Å². The Labute approximate surface area is 108 Å². The van der Waals surface area contributed by atoms with E-state index in [0.717, 1.165) is 34.5 Å². The van der Waals surface area contributed by atoms with Gasteiger partial charge in [-0.1, -0.05) is 11.6 Å². The number of nitrogens with one attached hydrogen (secondary N) is 1. The molecule has 1 aliphatic carbocycles. The number of hydrogen-bond donors (Lipinski definition) is 1. The summed E-state index contributed by atoms with van der Waals surface area (Å²) in [5, 5.41) is 4.25. The molecule has 0 spiro atoms. The molecule has 0 radical (unpaired) electrons. The molecule has 0 saturated heterocycles. The monoisotopic (exact) mass is 253 g/mol. The Kier molecular flexibility index (Phi) is 3.95. The first-order valence-corrected chi connectivity index (χ1v) is 6.61. The topological polar surface area (TPSA) is 21.3 Å². The van der Waals surface area contributed by atoms with Gasteiger partial charge in [0.05, 0.1) is 0 Å². The number of halogens is 1. The van der Waals surface area contributed by atoms with Crippen LogP contribution in [-0.4, -0.2) is 18.7 Å². The van der Waals surface area contributed by atoms with Crippen LogP contribution in [0.4, 0.5) is 0 Å². The first-order chi connectivity index (χ1) is 8.06. The minimum atomic E-state index is 0.189. The number of benzene rings is 1. The molecule has 2 nitrogen and oxygen atoms in total. The van der Waals surface area contributed by atoms with Gasteiger partial charge in [-0.25, -0.2) is 0 Å². The summed E-state index contributed by atoms with van der Waals surface area (Å²) in [5.74, 6) is 0.972. The van der Waals surface area contributed by atoms with Gasteiger partial charge in [0.2, 0.25) is 0 Å². The number of rotatable bonds is 5. The van der Waals surface area contributed by atoms with E-state index in [2.05, 4.69) is 12.2 Å². The molecule has 1 saturated carbocycles. The normalized spacial score (nSPS) is 16.9. The molecule has 17 heavy (non-hydrogen) atoms. The minimum absolute atomic E-state index is 0.189. The quantitative estimate of drug-likeness (QED) is 0.868. The van der Waals surface area contributed by atoms with Crippen molar-refractivity contribution in [2.45, 2.75) is 45.8 Å². The van der Waals surface area contributed by atoms with Crippen molar-refractivity contribution < 1.29 is 4.74 Å². The summed E-state index contributed by atoms with van der Waals surface area (Å²) in [6.07, 6.45) is 2.81. The van der Waals surface area contributed by atoms with Gasteiger partial charge in [0, 0.05) is 17.6 Å². The highest BCUT2D eigenvalue weighted by molar-refractivity contribution is 6.30. The smallest absolute Gasteiger partial charge is 0.125 e. The van der Waals surface area contributed by atoms with E-state index in [4.69, 9.17) is 16.3 Å². The Balaban J connectivity index is 1.96. The first kappa shape index (κ1) is 12.7. The minimum Gasteiger partial charge on any atom is -0.489 e. The molecular weight excluding hydrogens is 234 g/mol. The molecule has 0 aromatic heterocycles. The maximum atomic E-state index is 6.00. The summed E-state index contributed by atoms with van der Waals surface area (Å²) in [6.45, 7) is 7.08. The molecule has 1 unspecified atom stereocenters. The second-order valence-corrected chi connectivity index (χ2v) is 5.42. The second kappa shape index (κ2) is 5.28. The highest BCUT2D eigenvalue weighted by Gasteiger charge is 2.21. The summed E-state index contributed by atoms with van der Waals surface area (Å²) in [5.41, 5.74) is 2.21. The van der Waals surface area contributed by atoms with Crippen LogP contribution < -0.4 is 10.1 Å². The van der Waals surface area contributed by atoms with Crippen LogP contribution in [0.15, 0.2) is 12.1 Å². The molecular formula is C14H20ClNO. The van der Waals surface area contributed by atoms with E-state index >= 15 is 0 Å². The van der Waals surface area contributed by atoms with Crippen LogP contribution in [0.2, 0.25) is 5.02 Å². The van der Waals surface area contributed by atoms with Crippen LogP contribution in [0.5, 0.6) is 5.75 Å². The standard InChI is InChI=1S/C14H20ClNO/c1-9-6-12(15)7-10(2)14(9)17-11(3)8-16-13-4-5-13/h6-7,11,13,16H,4-5,8H2,1-3H3. The highest BCUT2D eigenvalue weighted by Crippen LogP contribution is 2.28. The average Bonchev–Trinajstić information content (AvgIpc) is 3.04. The van der Waals surface area contributed by atoms with Crippen LogP contribution in [0.1, 0.15) is 30.9 Å². The summed E-state index contributed by atoms with van der Waals surface area (Å²) < 4.78 is 5.99. The summed E-state index contributed by atoms with van der Waals surface area (Å²) in [7, 11) is 0. The van der Waals surface area contributed by atoms with Crippen LogP contribution in [0.25, 0.3) is 0 Å². The van der Waals surface area contributed by atoms with Crippen LogP contribution >= 0.6 is 11.6 Å². The fourth-order valence-corrected chi connectivity index (χ4v) is 2.27. The Bertz CT molecular complexity index is 378. The first-order valence-electron chi connectivity index (χ1n) is 6.23. The molecule has 2 rings (SSSR count). The molecule has 3 heteroatoms. The Morgan fingerprint density at radius 2 is 1.94 bits per heavy atom. The van der Waals surface area contributed by atoms with Crippen molar-refractivity contribution in [3.63, 3.8) is 0 Å². The van der Waals surface area contributed by atoms with Gasteiger partial charge < -0.3 is 10.1 Å². The zero-order valence-corrected chi connectivity index (χ0v) is 11.5. The van der Waals surface area contributed by atoms with Crippen molar-refractivity contribution in [3.8, 4) is 5.75 Å². The number of ether oxygens (including phenoxy) is 1. The van der Waals surface area contributed by atoms with E-state index in [-0.39, 0.29) is 6.10 Å². The number of aryl methyl sites for hydroxylation is 2. The lowest BCUT2D eigenvalue weighted by Gasteiger charge is -2.19. The van der Waals surface area contributed by atoms with Crippen LogP contribution in [-0.2, 0) is 0 Å². The van der Waals surface area contributed by atoms with Crippen LogP contribution in [0, 0.1) is 13.8 Å². The molecule has 0 amide bonds.